The Hall–Kier alpha value is -0.265. The number of unbranched alkanes of at least 4 members (excludes halogenated alkanes) is 8. The second kappa shape index (κ2) is 24.8. The molecular weight excluding hydrogens is 614 g/mol. The van der Waals surface area contributed by atoms with Gasteiger partial charge in [0.1, 0.15) is 0 Å². The number of carbonyl (C=O) groups is 3. The molecule has 1 unspecified atom stereocenters. The number of hydrogen-bond donors (Lipinski definition) is 0. The maximum atomic E-state index is 10.7. The van der Waals surface area contributed by atoms with Crippen molar-refractivity contribution in [1.29, 1.82) is 0 Å². The summed E-state index contributed by atoms with van der Waals surface area (Å²) in [7, 11) is 0. The van der Waals surface area contributed by atoms with Gasteiger partial charge in [-0.05, 0) is 25.7 Å². The first kappa shape index (κ1) is 43.8. The summed E-state index contributed by atoms with van der Waals surface area (Å²) in [6.07, 6.45) is 15.1. The van der Waals surface area contributed by atoms with Gasteiger partial charge in [-0.3, -0.25) is 0 Å². The normalized spacial score (nSPS) is 12.6. The Morgan fingerprint density at radius 1 is 0.486 bits per heavy atom. The van der Waals surface area contributed by atoms with Gasteiger partial charge in [0.2, 0.25) is 0 Å². The van der Waals surface area contributed by atoms with Crippen LogP contribution in [0.3, 0.4) is 0 Å². The van der Waals surface area contributed by atoms with E-state index in [2.05, 4.69) is 20.8 Å². The van der Waals surface area contributed by atoms with Crippen LogP contribution in [0.4, 0.5) is 0 Å². The van der Waals surface area contributed by atoms with Crippen molar-refractivity contribution < 1.29 is 69.6 Å². The van der Waals surface area contributed by atoms with Crippen LogP contribution in [-0.2, 0) is 14.4 Å². The summed E-state index contributed by atoms with van der Waals surface area (Å²) in [6, 6.07) is 0. The molecule has 0 bridgehead atoms. The van der Waals surface area contributed by atoms with E-state index in [9.17, 15) is 29.7 Å². The van der Waals surface area contributed by atoms with Crippen molar-refractivity contribution in [3.63, 3.8) is 0 Å². The first-order valence-electron chi connectivity index (χ1n) is 14.2. The van der Waals surface area contributed by atoms with E-state index in [1.54, 1.807) is 34.6 Å². The Labute approximate surface area is 260 Å². The maximum absolute atomic E-state index is 10.7. The summed E-state index contributed by atoms with van der Waals surface area (Å²) in [5.41, 5.74) is -1.89. The molecule has 221 valence electrons. The molecule has 37 heavy (non-hydrogen) atoms. The molecule has 0 aliphatic carbocycles. The van der Waals surface area contributed by atoms with Crippen molar-refractivity contribution in [2.45, 2.75) is 159 Å². The number of carboxylic acid groups (broad SMARTS) is 3. The third-order valence-corrected chi connectivity index (χ3v) is 7.02. The number of hydrogen-bond acceptors (Lipinski definition) is 6. The Bertz CT molecular complexity index is 555. The zero-order valence-corrected chi connectivity index (χ0v) is 27.7. The Morgan fingerprint density at radius 2 is 0.784 bits per heavy atom. The molecule has 0 N–H and O–H groups in total. The minimum Gasteiger partial charge on any atom is -0.550 e. The van der Waals surface area contributed by atoms with Gasteiger partial charge >= 0.3 is 39.9 Å². The Kier molecular flexibility index (Phi) is 29.3. The molecule has 1 radical (unpaired) electrons. The summed E-state index contributed by atoms with van der Waals surface area (Å²) < 4.78 is 0. The minimum atomic E-state index is -0.931. The molecule has 0 aromatic rings. The van der Waals surface area contributed by atoms with Crippen LogP contribution in [0.2, 0.25) is 0 Å². The summed E-state index contributed by atoms with van der Waals surface area (Å²) in [4.78, 5) is 31.9. The van der Waals surface area contributed by atoms with Crippen LogP contribution in [0.25, 0.3) is 0 Å². The van der Waals surface area contributed by atoms with Crippen LogP contribution in [0.5, 0.6) is 0 Å². The molecule has 0 rings (SSSR count). The fourth-order valence-corrected chi connectivity index (χ4v) is 3.38. The van der Waals surface area contributed by atoms with Gasteiger partial charge in [0, 0.05) is 34.2 Å². The molecule has 0 aliphatic heterocycles. The molecule has 6 nitrogen and oxygen atoms in total. The van der Waals surface area contributed by atoms with Gasteiger partial charge in [0.05, 0.1) is 0 Å². The standard InChI is InChI=1S/3C10H20O2.Gd/c2*1-4-5-6-7-8-10(2,3)9(11)12;1-4-6-7-8-10(3,5-2)9(11)12;/h3*4-8H2,1-3H3,(H,11,12);/q;;;+3/p-3. The average molecular weight is 671 g/mol. The molecule has 0 saturated carbocycles. The summed E-state index contributed by atoms with van der Waals surface area (Å²) in [5.74, 6) is -2.76. The summed E-state index contributed by atoms with van der Waals surface area (Å²) in [5, 5.41) is 31.9. The van der Waals surface area contributed by atoms with E-state index in [1.807, 2.05) is 6.92 Å². The van der Waals surface area contributed by atoms with E-state index >= 15 is 0 Å². The predicted octanol–water partition coefficient (Wildman–Crippen LogP) is 5.20. The van der Waals surface area contributed by atoms with Crippen molar-refractivity contribution in [1.82, 2.24) is 0 Å². The fourth-order valence-electron chi connectivity index (χ4n) is 3.38. The van der Waals surface area contributed by atoms with Gasteiger partial charge in [-0.2, -0.15) is 0 Å². The van der Waals surface area contributed by atoms with Gasteiger partial charge in [-0.1, -0.05) is 133 Å². The van der Waals surface area contributed by atoms with E-state index in [-0.39, 0.29) is 39.9 Å². The third-order valence-electron chi connectivity index (χ3n) is 7.02. The van der Waals surface area contributed by atoms with E-state index in [1.165, 1.54) is 25.7 Å². The molecule has 0 fully saturated rings. The maximum Gasteiger partial charge on any atom is 3.00 e. The van der Waals surface area contributed by atoms with E-state index < -0.39 is 34.2 Å². The predicted molar refractivity (Wildman–Crippen MR) is 143 cm³/mol. The van der Waals surface area contributed by atoms with Gasteiger partial charge < -0.3 is 29.7 Å². The van der Waals surface area contributed by atoms with Crippen molar-refractivity contribution in [3.8, 4) is 0 Å². The van der Waals surface area contributed by atoms with Crippen molar-refractivity contribution in [2.24, 2.45) is 16.2 Å². The van der Waals surface area contributed by atoms with Crippen LogP contribution in [0.1, 0.15) is 159 Å². The SMILES string of the molecule is CCCCCC(C)(CC)C(=O)[O-].CCCCCCC(C)(C)C(=O)[O-].CCCCCCC(C)(C)C(=O)[O-].[Gd+3]. The zero-order chi connectivity index (χ0) is 28.8. The van der Waals surface area contributed by atoms with Crippen LogP contribution in [0.15, 0.2) is 0 Å². The Balaban J connectivity index is -0.000000218. The van der Waals surface area contributed by atoms with Crippen molar-refractivity contribution in [3.05, 3.63) is 0 Å². The van der Waals surface area contributed by atoms with Crippen LogP contribution < -0.4 is 15.3 Å². The summed E-state index contributed by atoms with van der Waals surface area (Å²) in [6.45, 7) is 17.0. The first-order chi connectivity index (χ1) is 16.6. The smallest absolute Gasteiger partial charge is 0.550 e. The van der Waals surface area contributed by atoms with Crippen LogP contribution in [0, 0.1) is 56.2 Å². The number of rotatable bonds is 18. The second-order valence-electron chi connectivity index (χ2n) is 11.6. The molecule has 0 amide bonds. The molecule has 0 aromatic carbocycles. The van der Waals surface area contributed by atoms with Gasteiger partial charge in [-0.25, -0.2) is 0 Å². The molecule has 0 spiro atoms. The largest absolute Gasteiger partial charge is 3.00 e. The van der Waals surface area contributed by atoms with Crippen molar-refractivity contribution in [2.75, 3.05) is 0 Å². The molecule has 1 atom stereocenters. The number of aliphatic carboxylic acids is 3. The molecule has 0 aromatic heterocycles. The van der Waals surface area contributed by atoms with Crippen LogP contribution in [-0.4, -0.2) is 17.9 Å². The summed E-state index contributed by atoms with van der Waals surface area (Å²) >= 11 is 0. The van der Waals surface area contributed by atoms with Gasteiger partial charge in [0.25, 0.3) is 0 Å². The number of carbonyl (C=O) groups excluding carboxylic acids is 3. The quantitative estimate of drug-likeness (QED) is 0.185. The van der Waals surface area contributed by atoms with E-state index in [0.717, 1.165) is 64.2 Å². The minimum absolute atomic E-state index is 0. The van der Waals surface area contributed by atoms with E-state index in [0.29, 0.717) is 6.42 Å². The molecule has 7 heteroatoms. The fraction of sp³-hybridized carbons (Fsp3) is 0.900. The number of carboxylic acids is 3. The molecule has 0 saturated heterocycles. The third kappa shape index (κ3) is 24.5. The second-order valence-corrected chi connectivity index (χ2v) is 11.6. The monoisotopic (exact) mass is 671 g/mol. The first-order valence-corrected chi connectivity index (χ1v) is 14.2. The van der Waals surface area contributed by atoms with Gasteiger partial charge in [0.15, 0.2) is 0 Å². The molecule has 0 heterocycles. The van der Waals surface area contributed by atoms with E-state index in [4.69, 9.17) is 0 Å². The topological polar surface area (TPSA) is 120 Å². The van der Waals surface area contributed by atoms with Crippen molar-refractivity contribution >= 4 is 17.9 Å². The van der Waals surface area contributed by atoms with Crippen LogP contribution >= 0.6 is 0 Å². The zero-order valence-electron chi connectivity index (χ0n) is 25.4. The molecule has 0 aliphatic rings. The van der Waals surface area contributed by atoms with Gasteiger partial charge in [-0.15, -0.1) is 0 Å². The molecular formula is C30H57GdO6. The Morgan fingerprint density at radius 3 is 1.03 bits per heavy atom. The average Bonchev–Trinajstić information content (AvgIpc) is 2.80.